The number of aliphatic imine (C=N–C) groups is 1. The van der Waals surface area contributed by atoms with Gasteiger partial charge in [-0.15, -0.1) is 5.48 Å². The summed E-state index contributed by atoms with van der Waals surface area (Å²) < 4.78 is 5.27. The number of hydroxylamine groups is 1. The van der Waals surface area contributed by atoms with E-state index in [0.717, 1.165) is 101 Å². The van der Waals surface area contributed by atoms with Crippen LogP contribution in [0.25, 0.3) is 0 Å². The molecule has 0 bridgehead atoms. The zero-order chi connectivity index (χ0) is 28.8. The van der Waals surface area contributed by atoms with Crippen molar-refractivity contribution in [2.75, 3.05) is 39.8 Å². The van der Waals surface area contributed by atoms with Crippen molar-refractivity contribution in [3.63, 3.8) is 0 Å². The lowest BCUT2D eigenvalue weighted by Gasteiger charge is -2.45. The summed E-state index contributed by atoms with van der Waals surface area (Å²) in [5.74, 6) is 2.29. The van der Waals surface area contributed by atoms with E-state index in [1.165, 1.54) is 5.56 Å². The number of allylic oxidation sites excluding steroid dienone is 4. The number of methoxy groups -OCH3 is 1. The molecule has 0 aromatic heterocycles. The van der Waals surface area contributed by atoms with Crippen LogP contribution in [0.5, 0.6) is 5.75 Å². The first-order valence-corrected chi connectivity index (χ1v) is 15.7. The molecule has 1 N–H and O–H groups in total. The molecule has 3 heterocycles. The van der Waals surface area contributed by atoms with Gasteiger partial charge in [0.1, 0.15) is 11.9 Å². The summed E-state index contributed by atoms with van der Waals surface area (Å²) in [6.45, 7) is 4.91. The molecule has 2 aromatic carbocycles. The summed E-state index contributed by atoms with van der Waals surface area (Å²) in [7, 11) is 1.69. The van der Waals surface area contributed by atoms with Crippen molar-refractivity contribution in [2.45, 2.75) is 57.5 Å². The second-order valence-corrected chi connectivity index (χ2v) is 12.2. The molecule has 2 aromatic rings. The van der Waals surface area contributed by atoms with E-state index in [4.69, 9.17) is 14.6 Å². The summed E-state index contributed by atoms with van der Waals surface area (Å²) >= 11 is 0. The van der Waals surface area contributed by atoms with E-state index in [1.807, 2.05) is 42.5 Å². The molecule has 4 aliphatic rings. The normalized spacial score (nSPS) is 22.8. The van der Waals surface area contributed by atoms with Crippen LogP contribution < -0.4 is 10.2 Å². The third-order valence-electron chi connectivity index (χ3n) is 9.74. The second-order valence-electron chi connectivity index (χ2n) is 12.2. The fourth-order valence-corrected chi connectivity index (χ4v) is 7.05. The zero-order valence-corrected chi connectivity index (χ0v) is 24.8. The Balaban J connectivity index is 1.01. The quantitative estimate of drug-likeness (QED) is 0.414. The van der Waals surface area contributed by atoms with Crippen LogP contribution in [0, 0.1) is 11.3 Å². The van der Waals surface area contributed by atoms with Crippen molar-refractivity contribution in [3.05, 3.63) is 89.5 Å². The Bertz CT molecular complexity index is 1290. The Labute approximate surface area is 250 Å². The second kappa shape index (κ2) is 13.3. The van der Waals surface area contributed by atoms with Crippen LogP contribution in [0.2, 0.25) is 0 Å². The van der Waals surface area contributed by atoms with Crippen LogP contribution in [-0.2, 0) is 11.3 Å². The number of nitrogens with one attached hydrogen (secondary N) is 1. The lowest BCUT2D eigenvalue weighted by Crippen LogP contribution is -2.46. The van der Waals surface area contributed by atoms with Gasteiger partial charge in [-0.2, -0.15) is 0 Å². The van der Waals surface area contributed by atoms with E-state index >= 15 is 0 Å². The fourth-order valence-electron chi connectivity index (χ4n) is 7.05. The maximum absolute atomic E-state index is 13.1. The minimum atomic E-state index is -0.0382. The first-order valence-electron chi connectivity index (χ1n) is 15.7. The Morgan fingerprint density at radius 3 is 2.50 bits per heavy atom. The maximum Gasteiger partial charge on any atom is 0.253 e. The van der Waals surface area contributed by atoms with Crippen LogP contribution in [0.4, 0.5) is 0 Å². The number of amides is 1. The average Bonchev–Trinajstić information content (AvgIpc) is 3.53. The fraction of sp³-hybridized carbons (Fsp3) is 0.486. The summed E-state index contributed by atoms with van der Waals surface area (Å²) in [4.78, 5) is 28.6. The van der Waals surface area contributed by atoms with E-state index in [0.29, 0.717) is 5.92 Å². The number of carbonyl (C=O) groups excluding carboxylic acids is 1. The van der Waals surface area contributed by atoms with Gasteiger partial charge in [0.25, 0.3) is 5.91 Å². The van der Waals surface area contributed by atoms with Gasteiger partial charge < -0.3 is 19.4 Å². The third kappa shape index (κ3) is 6.63. The highest BCUT2D eigenvalue weighted by Crippen LogP contribution is 2.45. The van der Waals surface area contributed by atoms with E-state index in [-0.39, 0.29) is 17.5 Å². The lowest BCUT2D eigenvalue weighted by molar-refractivity contribution is 0.0584. The summed E-state index contributed by atoms with van der Waals surface area (Å²) in [6, 6.07) is 17.9. The minimum Gasteiger partial charge on any atom is -0.497 e. The molecule has 7 nitrogen and oxygen atoms in total. The first-order chi connectivity index (χ1) is 20.6. The van der Waals surface area contributed by atoms with Crippen molar-refractivity contribution < 1.29 is 14.4 Å². The molecule has 222 valence electrons. The van der Waals surface area contributed by atoms with Gasteiger partial charge in [0, 0.05) is 31.0 Å². The van der Waals surface area contributed by atoms with Crippen LogP contribution in [0.15, 0.2) is 83.4 Å². The van der Waals surface area contributed by atoms with Crippen molar-refractivity contribution >= 4 is 11.8 Å². The largest absolute Gasteiger partial charge is 0.497 e. The predicted octanol–water partition coefficient (Wildman–Crippen LogP) is 5.80. The Morgan fingerprint density at radius 2 is 1.81 bits per heavy atom. The number of hydrogen-bond acceptors (Lipinski definition) is 6. The predicted molar refractivity (Wildman–Crippen MR) is 166 cm³/mol. The van der Waals surface area contributed by atoms with Gasteiger partial charge in [-0.05, 0) is 99.8 Å². The van der Waals surface area contributed by atoms with Crippen molar-refractivity contribution in [1.29, 1.82) is 0 Å². The molecule has 1 atom stereocenters. The molecule has 1 amide bonds. The number of nitrogens with zero attached hydrogens (tertiary/aromatic N) is 3. The number of benzene rings is 2. The smallest absolute Gasteiger partial charge is 0.253 e. The number of carbonyl (C=O) groups is 1. The van der Waals surface area contributed by atoms with Gasteiger partial charge >= 0.3 is 0 Å². The number of ether oxygens (including phenoxy) is 1. The Kier molecular flexibility index (Phi) is 9.06. The lowest BCUT2D eigenvalue weighted by atomic mass is 9.67. The van der Waals surface area contributed by atoms with Crippen LogP contribution in [-0.4, -0.2) is 67.6 Å². The van der Waals surface area contributed by atoms with E-state index in [2.05, 4.69) is 45.6 Å². The average molecular weight is 569 g/mol. The number of hydrogen-bond donors (Lipinski definition) is 1. The zero-order valence-electron chi connectivity index (χ0n) is 24.8. The van der Waals surface area contributed by atoms with Crippen molar-refractivity contribution in [2.24, 2.45) is 16.3 Å². The highest BCUT2D eigenvalue weighted by atomic mass is 16.7. The monoisotopic (exact) mass is 568 g/mol. The van der Waals surface area contributed by atoms with Crippen LogP contribution >= 0.6 is 0 Å². The van der Waals surface area contributed by atoms with Gasteiger partial charge in [-0.1, -0.05) is 54.1 Å². The van der Waals surface area contributed by atoms with E-state index in [1.54, 1.807) is 12.7 Å². The molecular formula is C35H44N4O3. The van der Waals surface area contributed by atoms with Gasteiger partial charge in [-0.25, -0.2) is 4.99 Å². The Morgan fingerprint density at radius 1 is 1.05 bits per heavy atom. The molecule has 7 heteroatoms. The highest BCUT2D eigenvalue weighted by Gasteiger charge is 2.39. The standard InChI is InChI=1S/C35H44N4O3/c1-41-31-14-12-27(13-15-31)26-32-36-33(42-37-32)28-16-21-38(22-17-28)23-18-35(30-10-6-3-7-11-30)19-24-39(25-20-35)34(40)29-8-4-2-5-9-29/h2-6,8-10,12-15,28,32,37H,7,11,16-26H2,1H3. The summed E-state index contributed by atoms with van der Waals surface area (Å²) in [5, 5.41) is 0. The molecule has 3 aliphatic heterocycles. The molecule has 6 rings (SSSR count). The van der Waals surface area contributed by atoms with Gasteiger partial charge in [-0.3, -0.25) is 4.79 Å². The summed E-state index contributed by atoms with van der Waals surface area (Å²) in [6.07, 6.45) is 15.3. The molecule has 2 fully saturated rings. The van der Waals surface area contributed by atoms with Crippen LogP contribution in [0.3, 0.4) is 0 Å². The van der Waals surface area contributed by atoms with Crippen molar-refractivity contribution in [3.8, 4) is 5.75 Å². The molecule has 1 unspecified atom stereocenters. The molecular weight excluding hydrogens is 524 g/mol. The molecule has 2 saturated heterocycles. The van der Waals surface area contributed by atoms with Crippen LogP contribution in [0.1, 0.15) is 60.9 Å². The first kappa shape index (κ1) is 28.7. The van der Waals surface area contributed by atoms with E-state index in [9.17, 15) is 4.79 Å². The summed E-state index contributed by atoms with van der Waals surface area (Å²) in [5.41, 5.74) is 6.92. The number of piperidine rings is 2. The maximum atomic E-state index is 13.1. The molecule has 1 aliphatic carbocycles. The minimum absolute atomic E-state index is 0.0382. The topological polar surface area (TPSA) is 66.4 Å². The van der Waals surface area contributed by atoms with E-state index < -0.39 is 0 Å². The number of rotatable bonds is 9. The third-order valence-corrected chi connectivity index (χ3v) is 9.74. The SMILES string of the molecule is COc1ccc(CC2N=C(C3CCN(CCC4(C5=CC=CCC5)CCN(C(=O)c5ccccc5)CC4)CC3)ON2)cc1. The van der Waals surface area contributed by atoms with Crippen molar-refractivity contribution in [1.82, 2.24) is 15.3 Å². The molecule has 42 heavy (non-hydrogen) atoms. The molecule has 0 saturated carbocycles. The molecule has 0 spiro atoms. The van der Waals surface area contributed by atoms with Gasteiger partial charge in [0.05, 0.1) is 7.11 Å². The van der Waals surface area contributed by atoms with Gasteiger partial charge in [0.2, 0.25) is 5.90 Å². The molecule has 0 radical (unpaired) electrons. The number of likely N-dealkylation sites (tertiary alicyclic amines) is 2. The highest BCUT2D eigenvalue weighted by molar-refractivity contribution is 5.94. The van der Waals surface area contributed by atoms with Gasteiger partial charge in [0.15, 0.2) is 0 Å². The Hall–Kier alpha value is -3.42.